The van der Waals surface area contributed by atoms with Gasteiger partial charge in [-0.15, -0.1) is 23.2 Å². The summed E-state index contributed by atoms with van der Waals surface area (Å²) in [5.74, 6) is 0. The minimum Gasteiger partial charge on any atom is -0.385 e. The smallest absolute Gasteiger partial charge is 0.385 e. The number of aliphatic hydroxyl groups is 1. The van der Waals surface area contributed by atoms with Gasteiger partial charge >= 0.3 is 6.18 Å². The molecular formula is C9H5Cl4F3O. The summed E-state index contributed by atoms with van der Waals surface area (Å²) in [5, 5.41) is 9.00. The molecule has 17 heavy (non-hydrogen) atoms. The van der Waals surface area contributed by atoms with Crippen molar-refractivity contribution in [1.29, 1.82) is 0 Å². The van der Waals surface area contributed by atoms with Crippen molar-refractivity contribution < 1.29 is 18.3 Å². The lowest BCUT2D eigenvalue weighted by molar-refractivity contribution is -0.139. The number of hydrogen-bond donors (Lipinski definition) is 1. The van der Waals surface area contributed by atoms with Crippen molar-refractivity contribution in [2.24, 2.45) is 0 Å². The van der Waals surface area contributed by atoms with Gasteiger partial charge in [-0.1, -0.05) is 23.2 Å². The van der Waals surface area contributed by atoms with Crippen LogP contribution < -0.4 is 0 Å². The van der Waals surface area contributed by atoms with Gasteiger partial charge in [0.15, 0.2) is 0 Å². The minimum absolute atomic E-state index is 0.122. The number of hydrogen-bond acceptors (Lipinski definition) is 1. The fourth-order valence-corrected chi connectivity index (χ4v) is 1.92. The molecule has 1 atom stereocenters. The van der Waals surface area contributed by atoms with Crippen LogP contribution in [-0.2, 0) is 6.18 Å². The SMILES string of the molecule is OC(c1c(C(F)(F)F)ccc(Cl)c1Cl)C(Cl)Cl. The fourth-order valence-electron chi connectivity index (χ4n) is 1.23. The van der Waals surface area contributed by atoms with Crippen molar-refractivity contribution in [3.63, 3.8) is 0 Å². The van der Waals surface area contributed by atoms with Crippen LogP contribution in [0.1, 0.15) is 17.2 Å². The Morgan fingerprint density at radius 3 is 2.06 bits per heavy atom. The topological polar surface area (TPSA) is 20.2 Å². The first-order valence-electron chi connectivity index (χ1n) is 4.17. The minimum atomic E-state index is -4.69. The van der Waals surface area contributed by atoms with E-state index in [1.807, 2.05) is 0 Å². The summed E-state index contributed by atoms with van der Waals surface area (Å²) in [7, 11) is 0. The lowest BCUT2D eigenvalue weighted by Gasteiger charge is -2.20. The molecule has 0 aliphatic heterocycles. The molecule has 1 rings (SSSR count). The van der Waals surface area contributed by atoms with E-state index >= 15 is 0 Å². The zero-order chi connectivity index (χ0) is 13.4. The van der Waals surface area contributed by atoms with Crippen molar-refractivity contribution in [2.75, 3.05) is 0 Å². The average Bonchev–Trinajstić information content (AvgIpc) is 2.19. The number of halogens is 7. The van der Waals surface area contributed by atoms with E-state index in [1.54, 1.807) is 0 Å². The Balaban J connectivity index is 3.47. The van der Waals surface area contributed by atoms with Crippen LogP contribution in [-0.4, -0.2) is 9.94 Å². The number of benzene rings is 1. The standard InChI is InChI=1S/C9H5Cl4F3O/c10-4-2-1-3(9(14,15)16)5(6(4)11)7(17)8(12)13/h1-2,7-8,17H. The number of alkyl halides is 5. The summed E-state index contributed by atoms with van der Waals surface area (Å²) in [6, 6.07) is 1.70. The Morgan fingerprint density at radius 1 is 1.12 bits per heavy atom. The highest BCUT2D eigenvalue weighted by Crippen LogP contribution is 2.42. The summed E-state index contributed by atoms with van der Waals surface area (Å²) >= 11 is 21.9. The monoisotopic (exact) mass is 326 g/mol. The maximum atomic E-state index is 12.7. The Bertz CT molecular complexity index is 419. The molecule has 0 saturated heterocycles. The van der Waals surface area contributed by atoms with E-state index in [-0.39, 0.29) is 5.02 Å². The summed E-state index contributed by atoms with van der Waals surface area (Å²) in [6.45, 7) is 0. The largest absolute Gasteiger partial charge is 0.416 e. The van der Waals surface area contributed by atoms with Crippen molar-refractivity contribution in [3.8, 4) is 0 Å². The van der Waals surface area contributed by atoms with Gasteiger partial charge in [0.2, 0.25) is 0 Å². The zero-order valence-corrected chi connectivity index (χ0v) is 10.9. The molecule has 1 unspecified atom stereocenters. The molecule has 1 nitrogen and oxygen atoms in total. The quantitative estimate of drug-likeness (QED) is 0.770. The molecule has 1 N–H and O–H groups in total. The Hall–Kier alpha value is 0.130. The van der Waals surface area contributed by atoms with E-state index < -0.39 is 33.3 Å². The highest BCUT2D eigenvalue weighted by Gasteiger charge is 2.38. The van der Waals surface area contributed by atoms with Crippen LogP contribution in [0.4, 0.5) is 13.2 Å². The van der Waals surface area contributed by atoms with Crippen LogP contribution in [0.15, 0.2) is 12.1 Å². The van der Waals surface area contributed by atoms with Gasteiger partial charge in [0.25, 0.3) is 0 Å². The first-order chi connectivity index (χ1) is 7.66. The molecule has 8 heteroatoms. The van der Waals surface area contributed by atoms with Gasteiger partial charge in [0, 0.05) is 5.56 Å². The zero-order valence-electron chi connectivity index (χ0n) is 7.90. The molecule has 0 heterocycles. The van der Waals surface area contributed by atoms with Gasteiger partial charge in [-0.05, 0) is 12.1 Å². The van der Waals surface area contributed by atoms with Gasteiger partial charge in [0.05, 0.1) is 15.6 Å². The summed E-state index contributed by atoms with van der Waals surface area (Å²) in [5.41, 5.74) is -1.74. The molecule has 96 valence electrons. The molecule has 0 saturated carbocycles. The second-order valence-corrected chi connectivity index (χ2v) is 5.05. The fraction of sp³-hybridized carbons (Fsp3) is 0.333. The number of rotatable bonds is 2. The van der Waals surface area contributed by atoms with Gasteiger partial charge < -0.3 is 5.11 Å². The molecule has 0 amide bonds. The third-order valence-corrected chi connectivity index (χ3v) is 3.27. The lowest BCUT2D eigenvalue weighted by atomic mass is 10.0. The predicted molar refractivity (Wildman–Crippen MR) is 61.9 cm³/mol. The van der Waals surface area contributed by atoms with E-state index in [0.717, 1.165) is 6.07 Å². The van der Waals surface area contributed by atoms with E-state index in [1.165, 1.54) is 0 Å². The second kappa shape index (κ2) is 5.41. The summed E-state index contributed by atoms with van der Waals surface area (Å²) < 4.78 is 38.1. The summed E-state index contributed by atoms with van der Waals surface area (Å²) in [6.07, 6.45) is -6.46. The Labute approximate surface area is 115 Å². The van der Waals surface area contributed by atoms with Gasteiger partial charge in [-0.3, -0.25) is 0 Å². The normalized spacial score (nSPS) is 14.2. The molecule has 0 aliphatic carbocycles. The average molecular weight is 328 g/mol. The first-order valence-corrected chi connectivity index (χ1v) is 5.80. The van der Waals surface area contributed by atoms with Crippen molar-refractivity contribution >= 4 is 46.4 Å². The van der Waals surface area contributed by atoms with E-state index in [4.69, 9.17) is 46.4 Å². The molecule has 0 bridgehead atoms. The van der Waals surface area contributed by atoms with Crippen LogP contribution in [0, 0.1) is 0 Å². The van der Waals surface area contributed by atoms with Crippen LogP contribution in [0.25, 0.3) is 0 Å². The lowest BCUT2D eigenvalue weighted by Crippen LogP contribution is -2.16. The highest BCUT2D eigenvalue weighted by molar-refractivity contribution is 6.45. The van der Waals surface area contributed by atoms with Crippen molar-refractivity contribution in [2.45, 2.75) is 17.1 Å². The molecule has 1 aromatic rings. The third kappa shape index (κ3) is 3.32. The number of aliphatic hydroxyl groups excluding tert-OH is 1. The highest BCUT2D eigenvalue weighted by atomic mass is 35.5. The molecule has 0 aromatic heterocycles. The summed E-state index contributed by atoms with van der Waals surface area (Å²) in [4.78, 5) is -1.45. The van der Waals surface area contributed by atoms with E-state index in [9.17, 15) is 18.3 Å². The van der Waals surface area contributed by atoms with Crippen LogP contribution in [0.2, 0.25) is 10.0 Å². The molecule has 0 aliphatic rings. The maximum Gasteiger partial charge on any atom is 0.416 e. The predicted octanol–water partition coefficient (Wildman–Crippen LogP) is 4.85. The van der Waals surface area contributed by atoms with Crippen molar-refractivity contribution in [1.82, 2.24) is 0 Å². The third-order valence-electron chi connectivity index (χ3n) is 1.97. The van der Waals surface area contributed by atoms with Gasteiger partial charge in [-0.2, -0.15) is 13.2 Å². The molecule has 1 aromatic carbocycles. The van der Waals surface area contributed by atoms with Crippen LogP contribution >= 0.6 is 46.4 Å². The van der Waals surface area contributed by atoms with Gasteiger partial charge in [-0.25, -0.2) is 0 Å². The van der Waals surface area contributed by atoms with Crippen LogP contribution in [0.3, 0.4) is 0 Å². The van der Waals surface area contributed by atoms with E-state index in [0.29, 0.717) is 6.07 Å². The molecule has 0 fully saturated rings. The van der Waals surface area contributed by atoms with Crippen molar-refractivity contribution in [3.05, 3.63) is 33.3 Å². The first kappa shape index (κ1) is 15.2. The Kier molecular flexibility index (Phi) is 4.83. The maximum absolute atomic E-state index is 12.7. The molecular weight excluding hydrogens is 323 g/mol. The van der Waals surface area contributed by atoms with Gasteiger partial charge in [0.1, 0.15) is 10.9 Å². The second-order valence-electron chi connectivity index (χ2n) is 3.10. The molecule has 0 spiro atoms. The Morgan fingerprint density at radius 2 is 1.65 bits per heavy atom. The van der Waals surface area contributed by atoms with Crippen LogP contribution in [0.5, 0.6) is 0 Å². The molecule has 0 radical (unpaired) electrons. The van der Waals surface area contributed by atoms with E-state index in [2.05, 4.69) is 0 Å².